The molecule has 1 atom stereocenters. The summed E-state index contributed by atoms with van der Waals surface area (Å²) in [5, 5.41) is 14.4. The average molecular weight is 287 g/mol. The number of rotatable bonds is 7. The van der Waals surface area contributed by atoms with Gasteiger partial charge in [-0.2, -0.15) is 0 Å². The average Bonchev–Trinajstić information content (AvgIpc) is 2.25. The molecule has 0 radical (unpaired) electrons. The molecule has 0 saturated heterocycles. The van der Waals surface area contributed by atoms with Crippen LogP contribution in [0.15, 0.2) is 0 Å². The van der Waals surface area contributed by atoms with Crippen molar-refractivity contribution in [3.8, 4) is 0 Å². The van der Waals surface area contributed by atoms with Crippen molar-refractivity contribution in [2.45, 2.75) is 53.1 Å². The van der Waals surface area contributed by atoms with Gasteiger partial charge in [-0.1, -0.05) is 20.8 Å². The first kappa shape index (κ1) is 18.7. The number of carboxylic acid groups (broad SMARTS) is 1. The van der Waals surface area contributed by atoms with E-state index < -0.39 is 12.0 Å². The normalized spacial score (nSPS) is 13.4. The molecule has 6 heteroatoms. The number of carbonyl (C=O) groups excluding carboxylic acids is 1. The predicted molar refractivity (Wildman–Crippen MR) is 79.8 cm³/mol. The number of nitrogens with zero attached hydrogens (tertiary/aromatic N) is 1. The van der Waals surface area contributed by atoms with Gasteiger partial charge in [0, 0.05) is 25.2 Å². The van der Waals surface area contributed by atoms with Crippen molar-refractivity contribution in [2.24, 2.45) is 5.41 Å². The summed E-state index contributed by atoms with van der Waals surface area (Å²) in [5.74, 6) is -0.912. The quantitative estimate of drug-likeness (QED) is 0.663. The van der Waals surface area contributed by atoms with Crippen molar-refractivity contribution in [3.63, 3.8) is 0 Å². The fourth-order valence-electron chi connectivity index (χ4n) is 1.56. The molecule has 0 aliphatic rings. The van der Waals surface area contributed by atoms with Crippen LogP contribution in [0.25, 0.3) is 0 Å². The maximum absolute atomic E-state index is 11.8. The number of hydrogen-bond acceptors (Lipinski definition) is 3. The smallest absolute Gasteiger partial charge is 0.315 e. The van der Waals surface area contributed by atoms with Gasteiger partial charge in [-0.15, -0.1) is 0 Å². The zero-order valence-corrected chi connectivity index (χ0v) is 13.5. The Bertz CT molecular complexity index is 324. The minimum absolute atomic E-state index is 0.0805. The zero-order chi connectivity index (χ0) is 15.9. The van der Waals surface area contributed by atoms with Crippen LogP contribution >= 0.6 is 0 Å². The number of aliphatic carboxylic acids is 1. The van der Waals surface area contributed by atoms with Crippen LogP contribution in [0.3, 0.4) is 0 Å². The molecule has 0 rings (SSSR count). The largest absolute Gasteiger partial charge is 0.481 e. The van der Waals surface area contributed by atoms with Gasteiger partial charge in [0.1, 0.15) is 0 Å². The van der Waals surface area contributed by atoms with Gasteiger partial charge in [-0.25, -0.2) is 4.79 Å². The van der Waals surface area contributed by atoms with Crippen LogP contribution in [0.2, 0.25) is 0 Å². The number of hydrogen-bond donors (Lipinski definition) is 3. The first-order valence-electron chi connectivity index (χ1n) is 7.00. The second-order valence-corrected chi connectivity index (χ2v) is 6.49. The molecule has 0 bridgehead atoms. The molecule has 0 fully saturated rings. The molecule has 0 aliphatic heterocycles. The second-order valence-electron chi connectivity index (χ2n) is 6.49. The number of carbonyl (C=O) groups is 2. The summed E-state index contributed by atoms with van der Waals surface area (Å²) in [4.78, 5) is 24.8. The van der Waals surface area contributed by atoms with E-state index in [1.807, 2.05) is 27.8 Å². The SMILES string of the molecule is CC(C)N(C)CCNC(=O)NC(CC(=O)O)C(C)(C)C. The second kappa shape index (κ2) is 8.09. The summed E-state index contributed by atoms with van der Waals surface area (Å²) in [6.45, 7) is 11.2. The van der Waals surface area contributed by atoms with Crippen LogP contribution in [0.1, 0.15) is 41.0 Å². The van der Waals surface area contributed by atoms with E-state index in [1.54, 1.807) is 0 Å². The van der Waals surface area contributed by atoms with Crippen molar-refractivity contribution in [1.29, 1.82) is 0 Å². The van der Waals surface area contributed by atoms with Crippen LogP contribution in [0, 0.1) is 5.41 Å². The van der Waals surface area contributed by atoms with E-state index in [-0.39, 0.29) is 17.9 Å². The Labute approximate surface area is 121 Å². The number of nitrogens with one attached hydrogen (secondary N) is 2. The lowest BCUT2D eigenvalue weighted by Gasteiger charge is -2.30. The predicted octanol–water partition coefficient (Wildman–Crippen LogP) is 1.52. The van der Waals surface area contributed by atoms with E-state index in [2.05, 4.69) is 29.4 Å². The molecule has 0 aromatic carbocycles. The molecular formula is C14H29N3O3. The summed E-state index contributed by atoms with van der Waals surface area (Å²) in [7, 11) is 1.99. The molecule has 0 spiro atoms. The van der Waals surface area contributed by atoms with E-state index in [0.717, 1.165) is 6.54 Å². The van der Waals surface area contributed by atoms with Crippen LogP contribution < -0.4 is 10.6 Å². The Morgan fingerprint density at radius 2 is 1.80 bits per heavy atom. The Morgan fingerprint density at radius 1 is 1.25 bits per heavy atom. The number of urea groups is 1. The molecule has 3 N–H and O–H groups in total. The maximum atomic E-state index is 11.8. The van der Waals surface area contributed by atoms with Crippen LogP contribution in [-0.2, 0) is 4.79 Å². The van der Waals surface area contributed by atoms with Crippen molar-refractivity contribution in [1.82, 2.24) is 15.5 Å². The van der Waals surface area contributed by atoms with E-state index in [9.17, 15) is 9.59 Å². The van der Waals surface area contributed by atoms with Gasteiger partial charge in [0.05, 0.1) is 6.42 Å². The van der Waals surface area contributed by atoms with Crippen molar-refractivity contribution in [3.05, 3.63) is 0 Å². The third-order valence-electron chi connectivity index (χ3n) is 3.36. The van der Waals surface area contributed by atoms with Gasteiger partial charge in [-0.05, 0) is 26.3 Å². The first-order chi connectivity index (χ1) is 9.04. The molecule has 0 aromatic rings. The molecule has 0 aliphatic carbocycles. The Hall–Kier alpha value is -1.30. The lowest BCUT2D eigenvalue weighted by Crippen LogP contribution is -2.50. The minimum Gasteiger partial charge on any atom is -0.481 e. The number of likely N-dealkylation sites (N-methyl/N-ethyl adjacent to an activating group) is 1. The molecule has 118 valence electrons. The third-order valence-corrected chi connectivity index (χ3v) is 3.36. The lowest BCUT2D eigenvalue weighted by atomic mass is 9.85. The highest BCUT2D eigenvalue weighted by Crippen LogP contribution is 2.21. The number of amides is 2. The summed E-state index contributed by atoms with van der Waals surface area (Å²) in [5.41, 5.74) is -0.301. The highest BCUT2D eigenvalue weighted by molar-refractivity contribution is 5.75. The third kappa shape index (κ3) is 7.99. The van der Waals surface area contributed by atoms with Crippen molar-refractivity contribution >= 4 is 12.0 Å². The summed E-state index contributed by atoms with van der Waals surface area (Å²) in [6, 6.07) is -0.291. The van der Waals surface area contributed by atoms with Gasteiger partial charge in [0.15, 0.2) is 0 Å². The molecule has 6 nitrogen and oxygen atoms in total. The van der Waals surface area contributed by atoms with Gasteiger partial charge in [-0.3, -0.25) is 4.79 Å². The Kier molecular flexibility index (Phi) is 7.57. The number of carboxylic acids is 1. The Balaban J connectivity index is 4.24. The highest BCUT2D eigenvalue weighted by Gasteiger charge is 2.28. The lowest BCUT2D eigenvalue weighted by molar-refractivity contribution is -0.138. The molecule has 0 aromatic heterocycles. The van der Waals surface area contributed by atoms with Gasteiger partial charge in [0.25, 0.3) is 0 Å². The maximum Gasteiger partial charge on any atom is 0.315 e. The van der Waals surface area contributed by atoms with Crippen molar-refractivity contribution in [2.75, 3.05) is 20.1 Å². The standard InChI is InChI=1S/C14H29N3O3/c1-10(2)17(6)8-7-15-13(20)16-11(9-12(18)19)14(3,4)5/h10-11H,7-9H2,1-6H3,(H,18,19)(H2,15,16,20). The van der Waals surface area contributed by atoms with Crippen LogP contribution in [0.4, 0.5) is 4.79 Å². The fraction of sp³-hybridized carbons (Fsp3) is 0.857. The van der Waals surface area contributed by atoms with Gasteiger partial charge < -0.3 is 20.6 Å². The minimum atomic E-state index is -0.912. The fourth-order valence-corrected chi connectivity index (χ4v) is 1.56. The van der Waals surface area contributed by atoms with E-state index in [1.165, 1.54) is 0 Å². The van der Waals surface area contributed by atoms with Gasteiger partial charge in [0.2, 0.25) is 0 Å². The summed E-state index contributed by atoms with van der Waals surface area (Å²) < 4.78 is 0. The van der Waals surface area contributed by atoms with Crippen LogP contribution in [-0.4, -0.2) is 54.2 Å². The van der Waals surface area contributed by atoms with Crippen molar-refractivity contribution < 1.29 is 14.7 Å². The van der Waals surface area contributed by atoms with Crippen LogP contribution in [0.5, 0.6) is 0 Å². The molecular weight excluding hydrogens is 258 g/mol. The molecule has 0 saturated carbocycles. The first-order valence-corrected chi connectivity index (χ1v) is 7.00. The monoisotopic (exact) mass is 287 g/mol. The molecule has 20 heavy (non-hydrogen) atoms. The van der Waals surface area contributed by atoms with E-state index in [4.69, 9.17) is 5.11 Å². The Morgan fingerprint density at radius 3 is 2.20 bits per heavy atom. The summed E-state index contributed by atoms with van der Waals surface area (Å²) >= 11 is 0. The van der Waals surface area contributed by atoms with E-state index in [0.29, 0.717) is 12.6 Å². The highest BCUT2D eigenvalue weighted by atomic mass is 16.4. The summed E-state index contributed by atoms with van der Waals surface area (Å²) in [6.07, 6.45) is -0.0805. The molecule has 0 heterocycles. The topological polar surface area (TPSA) is 81.7 Å². The van der Waals surface area contributed by atoms with Gasteiger partial charge >= 0.3 is 12.0 Å². The molecule has 2 amide bonds. The zero-order valence-electron chi connectivity index (χ0n) is 13.5. The van der Waals surface area contributed by atoms with E-state index >= 15 is 0 Å². The molecule has 1 unspecified atom stereocenters.